The maximum absolute atomic E-state index is 10.5. The molecule has 84 valence electrons. The number of aliphatic hydroxyl groups excluding tert-OH is 1. The molecule has 0 radical (unpaired) electrons. The largest absolute Gasteiger partial charge is 0.772 e. The Hall–Kier alpha value is -0.910. The summed E-state index contributed by atoms with van der Waals surface area (Å²) in [5, 5.41) is 8.67. The van der Waals surface area contributed by atoms with Crippen LogP contribution in [0.15, 0.2) is 18.2 Å². The van der Waals surface area contributed by atoms with Crippen LogP contribution in [-0.2, 0) is 23.3 Å². The summed E-state index contributed by atoms with van der Waals surface area (Å²) in [5.41, 5.74) is 7.98. The number of aryl methyl sites for hydroxylation is 1. The number of aliphatic hydroxyl groups is 1. The molecule has 4 nitrogen and oxygen atoms in total. The third-order valence-corrected chi connectivity index (χ3v) is 2.67. The Morgan fingerprint density at radius 1 is 1.47 bits per heavy atom. The Morgan fingerprint density at radius 3 is 2.73 bits per heavy atom. The van der Waals surface area contributed by atoms with Crippen molar-refractivity contribution in [3.05, 3.63) is 29.3 Å². The lowest BCUT2D eigenvalue weighted by Crippen LogP contribution is -1.99. The van der Waals surface area contributed by atoms with Gasteiger partial charge in [-0.05, 0) is 30.0 Å². The third kappa shape index (κ3) is 3.99. The van der Waals surface area contributed by atoms with Crippen LogP contribution in [0.3, 0.4) is 0 Å². The van der Waals surface area contributed by atoms with Crippen molar-refractivity contribution in [2.75, 3.05) is 12.3 Å². The van der Waals surface area contributed by atoms with Crippen LogP contribution < -0.4 is 5.73 Å². The molecule has 0 fully saturated rings. The van der Waals surface area contributed by atoms with Crippen LogP contribution in [0.5, 0.6) is 0 Å². The van der Waals surface area contributed by atoms with Gasteiger partial charge < -0.3 is 15.4 Å². The molecule has 0 aliphatic heterocycles. The Morgan fingerprint density at radius 2 is 2.20 bits per heavy atom. The molecule has 0 bridgehead atoms. The Bertz CT molecular complexity index is 355. The highest BCUT2D eigenvalue weighted by atomic mass is 32.2. The van der Waals surface area contributed by atoms with E-state index in [2.05, 4.69) is 0 Å². The highest BCUT2D eigenvalue weighted by Gasteiger charge is 2.01. The summed E-state index contributed by atoms with van der Waals surface area (Å²) in [5.74, 6) is -0.00944. The molecule has 0 amide bonds. The monoisotopic (exact) mass is 228 g/mol. The van der Waals surface area contributed by atoms with Gasteiger partial charge in [0.15, 0.2) is 0 Å². The van der Waals surface area contributed by atoms with E-state index in [1.54, 1.807) is 12.1 Å². The molecule has 0 aliphatic rings. The van der Waals surface area contributed by atoms with Crippen molar-refractivity contribution in [1.29, 1.82) is 0 Å². The smallest absolute Gasteiger partial charge is 0.0434 e. The SMILES string of the molecule is Nc1cc(CS(=O)[O-])ccc1CCCO. The molecule has 1 rings (SSSR count). The van der Waals surface area contributed by atoms with Crippen LogP contribution in [0.4, 0.5) is 5.69 Å². The number of rotatable bonds is 5. The number of nitrogens with two attached hydrogens (primary N) is 1. The first-order chi connectivity index (χ1) is 7.13. The zero-order chi connectivity index (χ0) is 11.3. The predicted octanol–water partition coefficient (Wildman–Crippen LogP) is 0.573. The molecule has 0 heterocycles. The topological polar surface area (TPSA) is 86.4 Å². The molecular weight excluding hydrogens is 214 g/mol. The number of anilines is 1. The standard InChI is InChI=1S/C10H15NO3S/c11-10-6-8(7-15(13)14)3-4-9(10)2-1-5-12/h3-4,6,12H,1-2,5,7,11H2,(H,13,14)/p-1. The summed E-state index contributed by atoms with van der Waals surface area (Å²) in [6.07, 6.45) is 1.38. The van der Waals surface area contributed by atoms with Gasteiger partial charge in [-0.3, -0.25) is 4.21 Å². The van der Waals surface area contributed by atoms with Gasteiger partial charge in [0.2, 0.25) is 0 Å². The Kier molecular flexibility index (Phi) is 4.74. The van der Waals surface area contributed by atoms with E-state index in [1.807, 2.05) is 6.07 Å². The summed E-state index contributed by atoms with van der Waals surface area (Å²) in [6, 6.07) is 5.23. The van der Waals surface area contributed by atoms with Crippen LogP contribution in [0, 0.1) is 0 Å². The van der Waals surface area contributed by atoms with Crippen LogP contribution >= 0.6 is 0 Å². The lowest BCUT2D eigenvalue weighted by molar-refractivity contribution is 0.288. The lowest BCUT2D eigenvalue weighted by Gasteiger charge is -2.09. The van der Waals surface area contributed by atoms with Gasteiger partial charge in [-0.2, -0.15) is 0 Å². The summed E-state index contributed by atoms with van der Waals surface area (Å²) < 4.78 is 20.9. The van der Waals surface area contributed by atoms with Crippen LogP contribution in [0.2, 0.25) is 0 Å². The van der Waals surface area contributed by atoms with Crippen molar-refractivity contribution < 1.29 is 13.9 Å². The molecule has 3 N–H and O–H groups in total. The zero-order valence-electron chi connectivity index (χ0n) is 8.31. The summed E-state index contributed by atoms with van der Waals surface area (Å²) in [4.78, 5) is 0. The molecule has 15 heavy (non-hydrogen) atoms. The molecule has 1 unspecified atom stereocenters. The molecule has 1 atom stereocenters. The van der Waals surface area contributed by atoms with Gasteiger partial charge in [-0.1, -0.05) is 23.2 Å². The summed E-state index contributed by atoms with van der Waals surface area (Å²) >= 11 is -2.08. The maximum Gasteiger partial charge on any atom is 0.0434 e. The van der Waals surface area contributed by atoms with E-state index < -0.39 is 11.1 Å². The fourth-order valence-corrected chi connectivity index (χ4v) is 1.82. The molecule has 0 aliphatic carbocycles. The van der Waals surface area contributed by atoms with E-state index in [-0.39, 0.29) is 12.4 Å². The van der Waals surface area contributed by atoms with E-state index in [9.17, 15) is 8.76 Å². The fourth-order valence-electron chi connectivity index (χ4n) is 1.37. The van der Waals surface area contributed by atoms with Crippen LogP contribution in [0.25, 0.3) is 0 Å². The minimum atomic E-state index is -2.08. The van der Waals surface area contributed by atoms with Gasteiger partial charge in [0.05, 0.1) is 0 Å². The molecule has 0 saturated heterocycles. The molecule has 1 aromatic rings. The van der Waals surface area contributed by atoms with Crippen molar-refractivity contribution in [3.8, 4) is 0 Å². The van der Waals surface area contributed by atoms with Crippen LogP contribution in [-0.4, -0.2) is 20.5 Å². The quantitative estimate of drug-likeness (QED) is 0.570. The van der Waals surface area contributed by atoms with Gasteiger partial charge in [0.25, 0.3) is 0 Å². The minimum Gasteiger partial charge on any atom is -0.772 e. The number of hydrogen-bond donors (Lipinski definition) is 2. The fraction of sp³-hybridized carbons (Fsp3) is 0.400. The molecule has 0 saturated carbocycles. The van der Waals surface area contributed by atoms with Crippen LogP contribution in [0.1, 0.15) is 17.5 Å². The van der Waals surface area contributed by atoms with Gasteiger partial charge in [0.1, 0.15) is 0 Å². The maximum atomic E-state index is 10.5. The zero-order valence-corrected chi connectivity index (χ0v) is 9.13. The minimum absolute atomic E-state index is 0.00944. The van der Waals surface area contributed by atoms with E-state index in [4.69, 9.17) is 10.8 Å². The molecule has 5 heteroatoms. The van der Waals surface area contributed by atoms with Crippen molar-refractivity contribution in [2.45, 2.75) is 18.6 Å². The Balaban J connectivity index is 2.74. The second-order valence-corrected chi connectivity index (χ2v) is 4.20. The average Bonchev–Trinajstić information content (AvgIpc) is 2.15. The van der Waals surface area contributed by atoms with Gasteiger partial charge in [0, 0.05) is 18.0 Å². The number of hydrogen-bond acceptors (Lipinski definition) is 4. The van der Waals surface area contributed by atoms with E-state index in [0.29, 0.717) is 24.1 Å². The molecular formula is C10H14NO3S-. The first-order valence-corrected chi connectivity index (χ1v) is 5.92. The summed E-state index contributed by atoms with van der Waals surface area (Å²) in [7, 11) is 0. The normalized spacial score (nSPS) is 12.7. The highest BCUT2D eigenvalue weighted by molar-refractivity contribution is 7.78. The van der Waals surface area contributed by atoms with Gasteiger partial charge in [-0.15, -0.1) is 0 Å². The first kappa shape index (κ1) is 12.2. The number of benzene rings is 1. The van der Waals surface area contributed by atoms with Gasteiger partial charge >= 0.3 is 0 Å². The second kappa shape index (κ2) is 5.85. The highest BCUT2D eigenvalue weighted by Crippen LogP contribution is 2.16. The number of nitrogen functional groups attached to an aromatic ring is 1. The van der Waals surface area contributed by atoms with Crippen molar-refractivity contribution >= 4 is 16.8 Å². The summed E-state index contributed by atoms with van der Waals surface area (Å²) in [6.45, 7) is 0.131. The van der Waals surface area contributed by atoms with Crippen molar-refractivity contribution in [1.82, 2.24) is 0 Å². The molecule has 1 aromatic carbocycles. The van der Waals surface area contributed by atoms with E-state index in [0.717, 1.165) is 5.56 Å². The van der Waals surface area contributed by atoms with E-state index in [1.165, 1.54) is 0 Å². The van der Waals surface area contributed by atoms with E-state index >= 15 is 0 Å². The van der Waals surface area contributed by atoms with Crippen molar-refractivity contribution in [2.24, 2.45) is 0 Å². The first-order valence-electron chi connectivity index (χ1n) is 4.67. The molecule has 0 spiro atoms. The van der Waals surface area contributed by atoms with Gasteiger partial charge in [-0.25, -0.2) is 0 Å². The lowest BCUT2D eigenvalue weighted by atomic mass is 10.1. The third-order valence-electron chi connectivity index (χ3n) is 2.10. The molecule has 0 aromatic heterocycles. The average molecular weight is 228 g/mol. The Labute approximate surface area is 91.4 Å². The van der Waals surface area contributed by atoms with Crippen molar-refractivity contribution in [3.63, 3.8) is 0 Å². The predicted molar refractivity (Wildman–Crippen MR) is 58.9 cm³/mol. The second-order valence-electron chi connectivity index (χ2n) is 3.31.